The van der Waals surface area contributed by atoms with E-state index in [-0.39, 0.29) is 5.57 Å². The molecule has 0 bridgehead atoms. The predicted molar refractivity (Wildman–Crippen MR) is 82.9 cm³/mol. The van der Waals surface area contributed by atoms with E-state index in [4.69, 9.17) is 10.5 Å². The van der Waals surface area contributed by atoms with Crippen LogP contribution in [0.15, 0.2) is 59.0 Å². The SMILES string of the molecule is CSc1ccc(-c2ccccc2C=C(C#N)C#N)cc1. The molecule has 0 aliphatic heterocycles. The molecule has 0 saturated heterocycles. The van der Waals surface area contributed by atoms with Crippen LogP contribution in [-0.4, -0.2) is 6.26 Å². The smallest absolute Gasteiger partial charge is 0.130 e. The van der Waals surface area contributed by atoms with E-state index in [2.05, 4.69) is 24.3 Å². The number of benzene rings is 2. The second-order valence-corrected chi connectivity index (χ2v) is 4.98. The molecule has 0 aromatic heterocycles. The van der Waals surface area contributed by atoms with E-state index in [1.54, 1.807) is 17.8 Å². The van der Waals surface area contributed by atoms with Gasteiger partial charge in [0.1, 0.15) is 17.7 Å². The standard InChI is InChI=1S/C17H12N2S/c1-20-16-8-6-14(7-9-16)17-5-3-2-4-15(17)10-13(11-18)12-19/h2-10H,1H3. The van der Waals surface area contributed by atoms with Crippen LogP contribution in [0.5, 0.6) is 0 Å². The maximum Gasteiger partial charge on any atom is 0.130 e. The summed E-state index contributed by atoms with van der Waals surface area (Å²) in [5.41, 5.74) is 3.08. The zero-order valence-corrected chi connectivity index (χ0v) is 11.8. The molecular weight excluding hydrogens is 264 g/mol. The van der Waals surface area contributed by atoms with Gasteiger partial charge in [0.25, 0.3) is 0 Å². The van der Waals surface area contributed by atoms with Gasteiger partial charge in [-0.1, -0.05) is 36.4 Å². The molecule has 2 rings (SSSR count). The summed E-state index contributed by atoms with van der Waals surface area (Å²) in [5.74, 6) is 0. The van der Waals surface area contributed by atoms with Crippen LogP contribution in [0.4, 0.5) is 0 Å². The molecular formula is C17H12N2S. The molecule has 0 N–H and O–H groups in total. The van der Waals surface area contributed by atoms with Gasteiger partial charge in [0, 0.05) is 4.90 Å². The van der Waals surface area contributed by atoms with Crippen molar-refractivity contribution in [2.45, 2.75) is 4.90 Å². The number of nitrogens with zero attached hydrogens (tertiary/aromatic N) is 2. The molecule has 0 spiro atoms. The van der Waals surface area contributed by atoms with Gasteiger partial charge < -0.3 is 0 Å². The number of hydrogen-bond donors (Lipinski definition) is 0. The molecule has 2 aromatic rings. The minimum Gasteiger partial charge on any atom is -0.192 e. The Balaban J connectivity index is 2.50. The Kier molecular flexibility index (Phi) is 4.60. The summed E-state index contributed by atoms with van der Waals surface area (Å²) < 4.78 is 0. The Morgan fingerprint density at radius 2 is 1.65 bits per heavy atom. The van der Waals surface area contributed by atoms with Gasteiger partial charge in [-0.2, -0.15) is 10.5 Å². The van der Waals surface area contributed by atoms with E-state index < -0.39 is 0 Å². The summed E-state index contributed by atoms with van der Waals surface area (Å²) in [7, 11) is 0. The molecule has 0 fully saturated rings. The van der Waals surface area contributed by atoms with Crippen LogP contribution in [0.25, 0.3) is 17.2 Å². The van der Waals surface area contributed by atoms with Crippen molar-refractivity contribution in [2.24, 2.45) is 0 Å². The average Bonchev–Trinajstić information content (AvgIpc) is 2.53. The molecule has 0 amide bonds. The van der Waals surface area contributed by atoms with Crippen molar-refractivity contribution in [3.8, 4) is 23.3 Å². The van der Waals surface area contributed by atoms with Crippen molar-refractivity contribution in [3.05, 3.63) is 59.7 Å². The molecule has 0 radical (unpaired) electrons. The first kappa shape index (κ1) is 13.9. The monoisotopic (exact) mass is 276 g/mol. The van der Waals surface area contributed by atoms with E-state index in [0.29, 0.717) is 0 Å². The number of rotatable bonds is 3. The summed E-state index contributed by atoms with van der Waals surface area (Å²) in [5, 5.41) is 17.7. The highest BCUT2D eigenvalue weighted by molar-refractivity contribution is 7.98. The number of nitriles is 2. The van der Waals surface area contributed by atoms with Crippen molar-refractivity contribution in [1.82, 2.24) is 0 Å². The molecule has 0 aliphatic rings. The van der Waals surface area contributed by atoms with Crippen molar-refractivity contribution in [1.29, 1.82) is 10.5 Å². The molecule has 2 aromatic carbocycles. The van der Waals surface area contributed by atoms with Crippen LogP contribution in [-0.2, 0) is 0 Å². The van der Waals surface area contributed by atoms with Gasteiger partial charge in [0.05, 0.1) is 0 Å². The van der Waals surface area contributed by atoms with E-state index in [1.165, 1.54) is 4.90 Å². The molecule has 3 heteroatoms. The molecule has 0 saturated carbocycles. The maximum absolute atomic E-state index is 8.87. The third-order valence-corrected chi connectivity index (χ3v) is 3.65. The lowest BCUT2D eigenvalue weighted by molar-refractivity contribution is 1.45. The third kappa shape index (κ3) is 3.09. The van der Waals surface area contributed by atoms with Gasteiger partial charge in [0.15, 0.2) is 0 Å². The van der Waals surface area contributed by atoms with Crippen molar-refractivity contribution in [2.75, 3.05) is 6.26 Å². The quantitative estimate of drug-likeness (QED) is 0.612. The van der Waals surface area contributed by atoms with E-state index in [9.17, 15) is 0 Å². The lowest BCUT2D eigenvalue weighted by Crippen LogP contribution is -1.84. The maximum atomic E-state index is 8.87. The zero-order chi connectivity index (χ0) is 14.4. The lowest BCUT2D eigenvalue weighted by Gasteiger charge is -2.07. The van der Waals surface area contributed by atoms with Crippen molar-refractivity contribution >= 4 is 17.8 Å². The average molecular weight is 276 g/mol. The molecule has 0 unspecified atom stereocenters. The minimum atomic E-state index is 0.109. The van der Waals surface area contributed by atoms with Gasteiger partial charge in [-0.25, -0.2) is 0 Å². The highest BCUT2D eigenvalue weighted by Gasteiger charge is 2.04. The van der Waals surface area contributed by atoms with E-state index in [0.717, 1.165) is 16.7 Å². The third-order valence-electron chi connectivity index (χ3n) is 2.90. The second kappa shape index (κ2) is 6.61. The first-order valence-electron chi connectivity index (χ1n) is 6.04. The summed E-state index contributed by atoms with van der Waals surface area (Å²) in [6.07, 6.45) is 3.66. The topological polar surface area (TPSA) is 47.6 Å². The van der Waals surface area contributed by atoms with E-state index >= 15 is 0 Å². The summed E-state index contributed by atoms with van der Waals surface area (Å²) in [6, 6.07) is 19.8. The molecule has 2 nitrogen and oxygen atoms in total. The number of thioether (sulfide) groups is 1. The predicted octanol–water partition coefficient (Wildman–Crippen LogP) is 4.51. The van der Waals surface area contributed by atoms with Gasteiger partial charge in [0.2, 0.25) is 0 Å². The Bertz CT molecular complexity index is 700. The first-order valence-corrected chi connectivity index (χ1v) is 7.26. The van der Waals surface area contributed by atoms with Crippen molar-refractivity contribution in [3.63, 3.8) is 0 Å². The first-order chi connectivity index (χ1) is 9.78. The molecule has 96 valence electrons. The normalized spacial score (nSPS) is 9.35. The van der Waals surface area contributed by atoms with Crippen molar-refractivity contribution < 1.29 is 0 Å². The molecule has 20 heavy (non-hydrogen) atoms. The number of allylic oxidation sites excluding steroid dienone is 1. The fraction of sp³-hybridized carbons (Fsp3) is 0.0588. The Morgan fingerprint density at radius 3 is 2.25 bits per heavy atom. The Hall–Kier alpha value is -2.49. The number of hydrogen-bond acceptors (Lipinski definition) is 3. The van der Waals surface area contributed by atoms with Gasteiger partial charge in [-0.05, 0) is 41.2 Å². The highest BCUT2D eigenvalue weighted by atomic mass is 32.2. The fourth-order valence-electron chi connectivity index (χ4n) is 1.90. The van der Waals surface area contributed by atoms with Gasteiger partial charge >= 0.3 is 0 Å². The zero-order valence-electron chi connectivity index (χ0n) is 11.0. The second-order valence-electron chi connectivity index (χ2n) is 4.10. The summed E-state index contributed by atoms with van der Waals surface area (Å²) in [6.45, 7) is 0. The van der Waals surface area contributed by atoms with Crippen LogP contribution in [0, 0.1) is 22.7 Å². The largest absolute Gasteiger partial charge is 0.192 e. The Morgan fingerprint density at radius 1 is 1.00 bits per heavy atom. The minimum absolute atomic E-state index is 0.109. The lowest BCUT2D eigenvalue weighted by atomic mass is 9.98. The van der Waals surface area contributed by atoms with Crippen LogP contribution in [0.2, 0.25) is 0 Å². The Labute approximate surface area is 123 Å². The molecule has 0 atom stereocenters. The molecule has 0 aliphatic carbocycles. The van der Waals surface area contributed by atoms with Crippen LogP contribution >= 0.6 is 11.8 Å². The van der Waals surface area contributed by atoms with Crippen LogP contribution < -0.4 is 0 Å². The van der Waals surface area contributed by atoms with Crippen LogP contribution in [0.3, 0.4) is 0 Å². The highest BCUT2D eigenvalue weighted by Crippen LogP contribution is 2.27. The molecule has 0 heterocycles. The summed E-state index contributed by atoms with van der Waals surface area (Å²) in [4.78, 5) is 1.21. The van der Waals surface area contributed by atoms with Gasteiger partial charge in [-0.3, -0.25) is 0 Å². The van der Waals surface area contributed by atoms with E-state index in [1.807, 2.05) is 42.7 Å². The fourth-order valence-corrected chi connectivity index (χ4v) is 2.31. The van der Waals surface area contributed by atoms with Crippen LogP contribution in [0.1, 0.15) is 5.56 Å². The summed E-state index contributed by atoms with van der Waals surface area (Å²) >= 11 is 1.70. The van der Waals surface area contributed by atoms with Gasteiger partial charge in [-0.15, -0.1) is 11.8 Å².